The van der Waals surface area contributed by atoms with Crippen LogP contribution in [0.4, 0.5) is 5.82 Å². The van der Waals surface area contributed by atoms with Crippen LogP contribution in [0.1, 0.15) is 31.1 Å². The van der Waals surface area contributed by atoms with Gasteiger partial charge in [-0.1, -0.05) is 11.6 Å². The largest absolute Gasteiger partial charge is 0.372 e. The summed E-state index contributed by atoms with van der Waals surface area (Å²) < 4.78 is 0. The standard InChI is InChI=1S/C13H19ClN4O2/c1-7(2)17-12(19)8(3)18-13(20)9-5-10(14)11(15-4)16-6-9/h5-8H,1-4H3,(H,15,16)(H,17,19)(H,18,20). The van der Waals surface area contributed by atoms with E-state index in [4.69, 9.17) is 11.6 Å². The molecule has 0 aromatic carbocycles. The number of carbonyl (C=O) groups is 2. The van der Waals surface area contributed by atoms with Crippen molar-refractivity contribution in [1.82, 2.24) is 15.6 Å². The number of amides is 2. The molecular weight excluding hydrogens is 280 g/mol. The van der Waals surface area contributed by atoms with Gasteiger partial charge in [0.05, 0.1) is 10.6 Å². The lowest BCUT2D eigenvalue weighted by atomic mass is 10.2. The maximum Gasteiger partial charge on any atom is 0.253 e. The number of nitrogens with zero attached hydrogens (tertiary/aromatic N) is 1. The third kappa shape index (κ3) is 4.38. The first kappa shape index (κ1) is 16.2. The Balaban J connectivity index is 2.71. The molecule has 0 saturated carbocycles. The summed E-state index contributed by atoms with van der Waals surface area (Å²) in [6.45, 7) is 5.33. The zero-order valence-electron chi connectivity index (χ0n) is 12.0. The van der Waals surface area contributed by atoms with Crippen molar-refractivity contribution in [3.63, 3.8) is 0 Å². The molecular formula is C13H19ClN4O2. The summed E-state index contributed by atoms with van der Waals surface area (Å²) in [5, 5.41) is 8.47. The summed E-state index contributed by atoms with van der Waals surface area (Å²) in [7, 11) is 1.69. The lowest BCUT2D eigenvalue weighted by Crippen LogP contribution is -2.46. The number of hydrogen-bond donors (Lipinski definition) is 3. The monoisotopic (exact) mass is 298 g/mol. The molecule has 2 amide bonds. The van der Waals surface area contributed by atoms with Crippen LogP contribution in [-0.2, 0) is 4.79 Å². The van der Waals surface area contributed by atoms with Crippen LogP contribution in [0.15, 0.2) is 12.3 Å². The van der Waals surface area contributed by atoms with E-state index >= 15 is 0 Å². The summed E-state index contributed by atoms with van der Waals surface area (Å²) in [4.78, 5) is 27.7. The Labute approximate surface area is 123 Å². The van der Waals surface area contributed by atoms with Gasteiger partial charge in [0.1, 0.15) is 11.9 Å². The SMILES string of the molecule is CNc1ncc(C(=O)NC(C)C(=O)NC(C)C)cc1Cl. The molecule has 1 unspecified atom stereocenters. The maximum absolute atomic E-state index is 12.0. The van der Waals surface area contributed by atoms with Gasteiger partial charge in [0.25, 0.3) is 5.91 Å². The van der Waals surface area contributed by atoms with Crippen molar-refractivity contribution in [2.45, 2.75) is 32.9 Å². The van der Waals surface area contributed by atoms with Crippen LogP contribution in [0.2, 0.25) is 5.02 Å². The molecule has 110 valence electrons. The average Bonchev–Trinajstić information content (AvgIpc) is 2.37. The van der Waals surface area contributed by atoms with E-state index in [0.717, 1.165) is 0 Å². The fourth-order valence-electron chi connectivity index (χ4n) is 1.50. The van der Waals surface area contributed by atoms with Crippen LogP contribution >= 0.6 is 11.6 Å². The minimum absolute atomic E-state index is 0.0212. The van der Waals surface area contributed by atoms with E-state index in [0.29, 0.717) is 16.4 Å². The molecule has 1 heterocycles. The number of nitrogens with one attached hydrogen (secondary N) is 3. The van der Waals surface area contributed by atoms with Crippen LogP contribution in [0.25, 0.3) is 0 Å². The average molecular weight is 299 g/mol. The minimum atomic E-state index is -0.632. The summed E-state index contributed by atoms with van der Waals surface area (Å²) >= 11 is 5.96. The van der Waals surface area contributed by atoms with Gasteiger partial charge in [-0.2, -0.15) is 0 Å². The van der Waals surface area contributed by atoms with E-state index in [1.165, 1.54) is 12.3 Å². The molecule has 0 saturated heterocycles. The van der Waals surface area contributed by atoms with Crippen LogP contribution in [0.5, 0.6) is 0 Å². The molecule has 20 heavy (non-hydrogen) atoms. The molecule has 1 aromatic rings. The van der Waals surface area contributed by atoms with Crippen LogP contribution in [-0.4, -0.2) is 35.9 Å². The quantitative estimate of drug-likeness (QED) is 0.768. The molecule has 0 radical (unpaired) electrons. The van der Waals surface area contributed by atoms with E-state index < -0.39 is 11.9 Å². The molecule has 0 fully saturated rings. The second kappa shape index (κ2) is 7.09. The first-order valence-electron chi connectivity index (χ1n) is 6.29. The molecule has 0 aliphatic rings. The van der Waals surface area contributed by atoms with Gasteiger partial charge in [-0.05, 0) is 26.8 Å². The van der Waals surface area contributed by atoms with Gasteiger partial charge < -0.3 is 16.0 Å². The van der Waals surface area contributed by atoms with Crippen molar-refractivity contribution >= 4 is 29.2 Å². The smallest absolute Gasteiger partial charge is 0.253 e. The zero-order chi connectivity index (χ0) is 15.3. The van der Waals surface area contributed by atoms with Crippen molar-refractivity contribution in [2.75, 3.05) is 12.4 Å². The van der Waals surface area contributed by atoms with Crippen molar-refractivity contribution in [3.8, 4) is 0 Å². The highest BCUT2D eigenvalue weighted by molar-refractivity contribution is 6.33. The highest BCUT2D eigenvalue weighted by Gasteiger charge is 2.18. The van der Waals surface area contributed by atoms with E-state index in [1.54, 1.807) is 14.0 Å². The van der Waals surface area contributed by atoms with Gasteiger partial charge in [-0.15, -0.1) is 0 Å². The fraction of sp³-hybridized carbons (Fsp3) is 0.462. The minimum Gasteiger partial charge on any atom is -0.372 e. The Kier molecular flexibility index (Phi) is 5.76. The summed E-state index contributed by atoms with van der Waals surface area (Å²) in [5.74, 6) is -0.137. The highest BCUT2D eigenvalue weighted by Crippen LogP contribution is 2.19. The fourth-order valence-corrected chi connectivity index (χ4v) is 1.76. The number of carbonyl (C=O) groups excluding carboxylic acids is 2. The van der Waals surface area contributed by atoms with Crippen molar-refractivity contribution < 1.29 is 9.59 Å². The van der Waals surface area contributed by atoms with Crippen LogP contribution in [0, 0.1) is 0 Å². The Hall–Kier alpha value is -1.82. The summed E-state index contributed by atoms with van der Waals surface area (Å²) in [5.41, 5.74) is 0.304. The lowest BCUT2D eigenvalue weighted by molar-refractivity contribution is -0.123. The molecule has 0 aliphatic carbocycles. The Morgan fingerprint density at radius 2 is 1.90 bits per heavy atom. The van der Waals surface area contributed by atoms with E-state index in [-0.39, 0.29) is 11.9 Å². The molecule has 0 bridgehead atoms. The maximum atomic E-state index is 12.0. The summed E-state index contributed by atoms with van der Waals surface area (Å²) in [6, 6.07) is 0.892. The Morgan fingerprint density at radius 3 is 2.40 bits per heavy atom. The third-order valence-electron chi connectivity index (χ3n) is 2.51. The molecule has 1 atom stereocenters. The predicted octanol–water partition coefficient (Wildman–Crippen LogP) is 1.42. The molecule has 7 heteroatoms. The molecule has 1 aromatic heterocycles. The van der Waals surface area contributed by atoms with Gasteiger partial charge in [0, 0.05) is 19.3 Å². The first-order valence-corrected chi connectivity index (χ1v) is 6.67. The summed E-state index contributed by atoms with van der Waals surface area (Å²) in [6.07, 6.45) is 1.40. The van der Waals surface area contributed by atoms with Gasteiger partial charge in [0.2, 0.25) is 5.91 Å². The Bertz CT molecular complexity index is 505. The van der Waals surface area contributed by atoms with Crippen molar-refractivity contribution in [3.05, 3.63) is 22.8 Å². The molecule has 3 N–H and O–H groups in total. The zero-order valence-corrected chi connectivity index (χ0v) is 12.7. The lowest BCUT2D eigenvalue weighted by Gasteiger charge is -2.16. The van der Waals surface area contributed by atoms with Crippen LogP contribution in [0.3, 0.4) is 0 Å². The highest BCUT2D eigenvalue weighted by atomic mass is 35.5. The molecule has 0 aliphatic heterocycles. The van der Waals surface area contributed by atoms with E-state index in [2.05, 4.69) is 20.9 Å². The van der Waals surface area contributed by atoms with Gasteiger partial charge >= 0.3 is 0 Å². The number of hydrogen-bond acceptors (Lipinski definition) is 4. The van der Waals surface area contributed by atoms with E-state index in [9.17, 15) is 9.59 Å². The number of halogens is 1. The topological polar surface area (TPSA) is 83.1 Å². The van der Waals surface area contributed by atoms with Gasteiger partial charge in [0.15, 0.2) is 0 Å². The van der Waals surface area contributed by atoms with Crippen LogP contribution < -0.4 is 16.0 Å². The van der Waals surface area contributed by atoms with Gasteiger partial charge in [-0.25, -0.2) is 4.98 Å². The normalized spacial score (nSPS) is 11.9. The third-order valence-corrected chi connectivity index (χ3v) is 2.80. The van der Waals surface area contributed by atoms with Crippen molar-refractivity contribution in [2.24, 2.45) is 0 Å². The number of pyridine rings is 1. The number of anilines is 1. The van der Waals surface area contributed by atoms with Crippen molar-refractivity contribution in [1.29, 1.82) is 0 Å². The first-order chi connectivity index (χ1) is 9.35. The van der Waals surface area contributed by atoms with Gasteiger partial charge in [-0.3, -0.25) is 9.59 Å². The molecule has 1 rings (SSSR count). The molecule has 6 nitrogen and oxygen atoms in total. The Morgan fingerprint density at radius 1 is 1.25 bits per heavy atom. The number of rotatable bonds is 5. The molecule has 0 spiro atoms. The second-order valence-corrected chi connectivity index (χ2v) is 5.07. The second-order valence-electron chi connectivity index (χ2n) is 4.66. The number of aromatic nitrogens is 1. The predicted molar refractivity (Wildman–Crippen MR) is 79.0 cm³/mol. The van der Waals surface area contributed by atoms with E-state index in [1.807, 2.05) is 13.8 Å².